The molecule has 1 aliphatic rings. The average molecular weight is 341 g/mol. The molecule has 0 radical (unpaired) electrons. The topological polar surface area (TPSA) is 66.5 Å². The van der Waals surface area contributed by atoms with Gasteiger partial charge < -0.3 is 5.32 Å². The minimum Gasteiger partial charge on any atom is -0.325 e. The van der Waals surface area contributed by atoms with Crippen LogP contribution in [0.15, 0.2) is 23.1 Å². The number of rotatable bonds is 6. The van der Waals surface area contributed by atoms with Gasteiger partial charge in [0.25, 0.3) is 0 Å². The van der Waals surface area contributed by atoms with Crippen LogP contribution in [0.25, 0.3) is 0 Å². The van der Waals surface area contributed by atoms with Gasteiger partial charge in [-0.1, -0.05) is 18.5 Å². The second kappa shape index (κ2) is 7.65. The molecule has 0 saturated carbocycles. The van der Waals surface area contributed by atoms with Crippen molar-refractivity contribution in [1.29, 1.82) is 0 Å². The van der Waals surface area contributed by atoms with Crippen molar-refractivity contribution in [2.75, 3.05) is 17.6 Å². The summed E-state index contributed by atoms with van der Waals surface area (Å²) >= 11 is 7.57. The number of halogens is 1. The van der Waals surface area contributed by atoms with Gasteiger partial charge in [0.1, 0.15) is 0 Å². The van der Waals surface area contributed by atoms with Gasteiger partial charge in [0, 0.05) is 35.7 Å². The van der Waals surface area contributed by atoms with E-state index in [0.29, 0.717) is 10.7 Å². The summed E-state index contributed by atoms with van der Waals surface area (Å²) in [6, 6.07) is 5.33. The predicted molar refractivity (Wildman–Crippen MR) is 87.1 cm³/mol. The molecule has 0 aliphatic carbocycles. The van der Waals surface area contributed by atoms with Crippen molar-refractivity contribution < 1.29 is 14.4 Å². The number of hydrogen-bond acceptors (Lipinski definition) is 4. The number of benzene rings is 1. The number of carbonyl (C=O) groups is 3. The van der Waals surface area contributed by atoms with Crippen molar-refractivity contribution in [3.8, 4) is 0 Å². The maximum atomic E-state index is 12.0. The molecule has 1 aromatic rings. The minimum atomic E-state index is -0.243. The maximum Gasteiger partial charge on any atom is 0.229 e. The highest BCUT2D eigenvalue weighted by molar-refractivity contribution is 7.99. The van der Waals surface area contributed by atoms with Gasteiger partial charge in [-0.3, -0.25) is 19.3 Å². The van der Waals surface area contributed by atoms with E-state index in [9.17, 15) is 14.4 Å². The van der Waals surface area contributed by atoms with Crippen molar-refractivity contribution >= 4 is 46.8 Å². The second-order valence-corrected chi connectivity index (χ2v) is 6.55. The van der Waals surface area contributed by atoms with Crippen LogP contribution in [-0.2, 0) is 14.4 Å². The Labute approximate surface area is 138 Å². The molecular weight excluding hydrogens is 324 g/mol. The van der Waals surface area contributed by atoms with E-state index >= 15 is 0 Å². The van der Waals surface area contributed by atoms with Gasteiger partial charge in [-0.25, -0.2) is 0 Å². The van der Waals surface area contributed by atoms with E-state index in [-0.39, 0.29) is 43.5 Å². The molecule has 118 valence electrons. The fraction of sp³-hybridized carbons (Fsp3) is 0.400. The molecule has 22 heavy (non-hydrogen) atoms. The average Bonchev–Trinajstić information content (AvgIpc) is 2.79. The van der Waals surface area contributed by atoms with Crippen molar-refractivity contribution in [3.05, 3.63) is 23.2 Å². The highest BCUT2D eigenvalue weighted by Gasteiger charge is 2.28. The number of thioether (sulfide) groups is 1. The van der Waals surface area contributed by atoms with Gasteiger partial charge in [0.05, 0.1) is 5.69 Å². The summed E-state index contributed by atoms with van der Waals surface area (Å²) in [4.78, 5) is 37.1. The smallest absolute Gasteiger partial charge is 0.229 e. The molecule has 0 spiro atoms. The van der Waals surface area contributed by atoms with Crippen molar-refractivity contribution in [2.24, 2.45) is 0 Å². The van der Waals surface area contributed by atoms with Crippen LogP contribution in [0.3, 0.4) is 0 Å². The molecular formula is C15H17ClN2O3S. The molecule has 3 amide bonds. The van der Waals surface area contributed by atoms with Crippen LogP contribution in [0.2, 0.25) is 5.02 Å². The lowest BCUT2D eigenvalue weighted by molar-refractivity contribution is -0.138. The number of nitrogens with zero attached hydrogens (tertiary/aromatic N) is 1. The second-order valence-electron chi connectivity index (χ2n) is 4.81. The van der Waals surface area contributed by atoms with E-state index in [1.54, 1.807) is 23.9 Å². The molecule has 1 aliphatic heterocycles. The zero-order chi connectivity index (χ0) is 16.1. The first-order chi connectivity index (χ1) is 10.5. The quantitative estimate of drug-likeness (QED) is 0.638. The number of anilines is 1. The van der Waals surface area contributed by atoms with Crippen LogP contribution >= 0.6 is 23.4 Å². The SMILES string of the molecule is CCSc1ccc(Cl)cc1NC(=O)CCN1C(=O)CCC1=O. The molecule has 1 N–H and O–H groups in total. The zero-order valence-corrected chi connectivity index (χ0v) is 13.8. The maximum absolute atomic E-state index is 12.0. The van der Waals surface area contributed by atoms with Crippen molar-refractivity contribution in [3.63, 3.8) is 0 Å². The third kappa shape index (κ3) is 4.24. The van der Waals surface area contributed by atoms with Gasteiger partial charge >= 0.3 is 0 Å². The Morgan fingerprint density at radius 1 is 1.32 bits per heavy atom. The summed E-state index contributed by atoms with van der Waals surface area (Å²) < 4.78 is 0. The molecule has 0 atom stereocenters. The van der Waals surface area contributed by atoms with Gasteiger partial charge in [0.2, 0.25) is 17.7 Å². The molecule has 1 saturated heterocycles. The molecule has 2 rings (SSSR count). The molecule has 5 nitrogen and oxygen atoms in total. The molecule has 7 heteroatoms. The summed E-state index contributed by atoms with van der Waals surface area (Å²) in [7, 11) is 0. The van der Waals surface area contributed by atoms with E-state index in [0.717, 1.165) is 15.5 Å². The van der Waals surface area contributed by atoms with Gasteiger partial charge in [-0.15, -0.1) is 11.8 Å². The van der Waals surface area contributed by atoms with E-state index in [4.69, 9.17) is 11.6 Å². The first-order valence-electron chi connectivity index (χ1n) is 7.06. The Hall–Kier alpha value is -1.53. The lowest BCUT2D eigenvalue weighted by atomic mass is 10.3. The number of likely N-dealkylation sites (tertiary alicyclic amines) is 1. The Morgan fingerprint density at radius 3 is 2.64 bits per heavy atom. The molecule has 0 unspecified atom stereocenters. The highest BCUT2D eigenvalue weighted by atomic mass is 35.5. The van der Waals surface area contributed by atoms with E-state index in [1.165, 1.54) is 0 Å². The third-order valence-electron chi connectivity index (χ3n) is 3.23. The number of amides is 3. The van der Waals surface area contributed by atoms with E-state index in [2.05, 4.69) is 5.32 Å². The Bertz CT molecular complexity index is 590. The predicted octanol–water partition coefficient (Wildman–Crippen LogP) is 2.93. The van der Waals surface area contributed by atoms with E-state index in [1.807, 2.05) is 13.0 Å². The largest absolute Gasteiger partial charge is 0.325 e. The fourth-order valence-corrected chi connectivity index (χ4v) is 3.09. The number of hydrogen-bond donors (Lipinski definition) is 1. The molecule has 1 fully saturated rings. The van der Waals surface area contributed by atoms with E-state index < -0.39 is 0 Å². The van der Waals surface area contributed by atoms with Crippen LogP contribution in [0.5, 0.6) is 0 Å². The Kier molecular flexibility index (Phi) is 5.85. The molecule has 0 bridgehead atoms. The first kappa shape index (κ1) is 16.8. The number of carbonyl (C=O) groups excluding carboxylic acids is 3. The van der Waals surface area contributed by atoms with Crippen LogP contribution < -0.4 is 5.32 Å². The summed E-state index contributed by atoms with van der Waals surface area (Å²) in [6.45, 7) is 2.15. The summed E-state index contributed by atoms with van der Waals surface area (Å²) in [5.74, 6) is 0.222. The molecule has 0 aromatic heterocycles. The molecule has 1 heterocycles. The van der Waals surface area contributed by atoms with Crippen LogP contribution in [0, 0.1) is 0 Å². The summed E-state index contributed by atoms with van der Waals surface area (Å²) in [6.07, 6.45) is 0.568. The third-order valence-corrected chi connectivity index (χ3v) is 4.42. The number of imide groups is 1. The van der Waals surface area contributed by atoms with Gasteiger partial charge in [-0.05, 0) is 24.0 Å². The zero-order valence-electron chi connectivity index (χ0n) is 12.2. The Morgan fingerprint density at radius 2 is 2.00 bits per heavy atom. The first-order valence-corrected chi connectivity index (χ1v) is 8.43. The van der Waals surface area contributed by atoms with Crippen LogP contribution in [0.1, 0.15) is 26.2 Å². The van der Waals surface area contributed by atoms with Gasteiger partial charge in [-0.2, -0.15) is 0 Å². The standard InChI is InChI=1S/C15H17ClN2O3S/c1-2-22-12-4-3-10(16)9-11(12)17-13(19)7-8-18-14(20)5-6-15(18)21/h3-4,9H,2,5-8H2,1H3,(H,17,19). The fourth-order valence-electron chi connectivity index (χ4n) is 2.18. The van der Waals surface area contributed by atoms with Crippen molar-refractivity contribution in [2.45, 2.75) is 31.1 Å². The van der Waals surface area contributed by atoms with Crippen LogP contribution in [0.4, 0.5) is 5.69 Å². The lowest BCUT2D eigenvalue weighted by Crippen LogP contribution is -2.32. The highest BCUT2D eigenvalue weighted by Crippen LogP contribution is 2.30. The summed E-state index contributed by atoms with van der Waals surface area (Å²) in [5.41, 5.74) is 0.656. The number of nitrogens with one attached hydrogen (secondary N) is 1. The van der Waals surface area contributed by atoms with Gasteiger partial charge in [0.15, 0.2) is 0 Å². The van der Waals surface area contributed by atoms with Crippen LogP contribution in [-0.4, -0.2) is 34.9 Å². The van der Waals surface area contributed by atoms with Crippen molar-refractivity contribution in [1.82, 2.24) is 4.90 Å². The molecule has 1 aromatic carbocycles. The normalized spacial score (nSPS) is 14.5. The lowest BCUT2D eigenvalue weighted by Gasteiger charge is -2.14. The Balaban J connectivity index is 1.96. The summed E-state index contributed by atoms with van der Waals surface area (Å²) in [5, 5.41) is 3.34. The minimum absolute atomic E-state index is 0.0836. The monoisotopic (exact) mass is 340 g/mol.